The predicted molar refractivity (Wildman–Crippen MR) is 76.9 cm³/mol. The highest BCUT2D eigenvalue weighted by molar-refractivity contribution is 5.75. The molecule has 0 amide bonds. The molecule has 1 heterocycles. The number of carbonyl (C=O) groups excluding carboxylic acids is 1. The van der Waals surface area contributed by atoms with E-state index in [-0.39, 0.29) is 17.6 Å². The van der Waals surface area contributed by atoms with Gasteiger partial charge in [-0.1, -0.05) is 19.8 Å². The Labute approximate surface area is 133 Å². The smallest absolute Gasteiger partial charge is 0.425 e. The van der Waals surface area contributed by atoms with E-state index < -0.39 is 12.2 Å². The number of hydrogen-bond acceptors (Lipinski definition) is 4. The molecule has 23 heavy (non-hydrogen) atoms. The van der Waals surface area contributed by atoms with E-state index in [0.717, 1.165) is 44.4 Å². The fourth-order valence-corrected chi connectivity index (χ4v) is 2.90. The molecule has 1 aromatic rings. The van der Waals surface area contributed by atoms with Crippen LogP contribution in [0, 0.1) is 11.8 Å². The Bertz CT molecular complexity index is 508. The first-order chi connectivity index (χ1) is 10.9. The van der Waals surface area contributed by atoms with E-state index in [2.05, 4.69) is 16.6 Å². The van der Waals surface area contributed by atoms with Crippen LogP contribution >= 0.6 is 0 Å². The fourth-order valence-electron chi connectivity index (χ4n) is 2.90. The highest BCUT2D eigenvalue weighted by Crippen LogP contribution is 2.32. The van der Waals surface area contributed by atoms with E-state index in [1.54, 1.807) is 0 Å². The van der Waals surface area contributed by atoms with Crippen LogP contribution in [-0.4, -0.2) is 17.3 Å². The van der Waals surface area contributed by atoms with Crippen molar-refractivity contribution in [3.8, 4) is 11.6 Å². The second-order valence-electron chi connectivity index (χ2n) is 5.81. The van der Waals surface area contributed by atoms with Gasteiger partial charge in [-0.3, -0.25) is 4.79 Å². The average Bonchev–Trinajstić information content (AvgIpc) is 2.49. The molecule has 0 saturated heterocycles. The molecule has 0 unspecified atom stereocenters. The minimum absolute atomic E-state index is 0.125. The highest BCUT2D eigenvalue weighted by atomic mass is 19.4. The molecule has 4 nitrogen and oxygen atoms in total. The van der Waals surface area contributed by atoms with Gasteiger partial charge in [0, 0.05) is 6.07 Å². The predicted octanol–water partition coefficient (Wildman–Crippen LogP) is 4.49. The number of aromatic nitrogens is 1. The summed E-state index contributed by atoms with van der Waals surface area (Å²) in [6, 6.07) is 2.27. The molecule has 1 aromatic heterocycles. The normalized spacial score (nSPS) is 21.7. The minimum Gasteiger partial charge on any atom is -0.425 e. The molecule has 0 radical (unpaired) electrons. The topological polar surface area (TPSA) is 48.4 Å². The Kier molecular flexibility index (Phi) is 5.85. The third-order valence-corrected chi connectivity index (χ3v) is 4.02. The summed E-state index contributed by atoms with van der Waals surface area (Å²) in [5, 5.41) is 0. The van der Waals surface area contributed by atoms with Crippen molar-refractivity contribution < 1.29 is 27.4 Å². The van der Waals surface area contributed by atoms with Gasteiger partial charge in [0.1, 0.15) is 5.75 Å². The van der Waals surface area contributed by atoms with Crippen molar-refractivity contribution in [3.05, 3.63) is 18.3 Å². The Morgan fingerprint density at radius 3 is 2.48 bits per heavy atom. The maximum absolute atomic E-state index is 12.1. The molecule has 1 aliphatic carbocycles. The molecule has 0 bridgehead atoms. The largest absolute Gasteiger partial charge is 0.574 e. The summed E-state index contributed by atoms with van der Waals surface area (Å²) in [6.07, 6.45) is 2.24. The third kappa shape index (κ3) is 5.73. The van der Waals surface area contributed by atoms with Crippen molar-refractivity contribution in [1.29, 1.82) is 0 Å². The van der Waals surface area contributed by atoms with Gasteiger partial charge in [-0.25, -0.2) is 4.98 Å². The van der Waals surface area contributed by atoms with Crippen LogP contribution in [0.3, 0.4) is 0 Å². The van der Waals surface area contributed by atoms with Crippen molar-refractivity contribution >= 4 is 5.97 Å². The number of alkyl halides is 3. The lowest BCUT2D eigenvalue weighted by atomic mass is 9.80. The SMILES string of the molecule is CCCC1CCC(C(=O)Oc2ccc(OC(F)(F)F)nc2)CC1. The maximum atomic E-state index is 12.1. The molecule has 0 aliphatic heterocycles. The molecule has 1 aliphatic rings. The van der Waals surface area contributed by atoms with Crippen LogP contribution in [0.25, 0.3) is 0 Å². The maximum Gasteiger partial charge on any atom is 0.574 e. The van der Waals surface area contributed by atoms with Gasteiger partial charge in [-0.05, 0) is 37.7 Å². The molecule has 0 spiro atoms. The van der Waals surface area contributed by atoms with E-state index >= 15 is 0 Å². The number of halogens is 3. The summed E-state index contributed by atoms with van der Waals surface area (Å²) in [5.74, 6) is -0.262. The number of esters is 1. The summed E-state index contributed by atoms with van der Waals surface area (Å²) in [7, 11) is 0. The number of rotatable bonds is 5. The molecule has 0 atom stereocenters. The number of pyridine rings is 1. The van der Waals surface area contributed by atoms with E-state index in [9.17, 15) is 18.0 Å². The fraction of sp³-hybridized carbons (Fsp3) is 0.625. The first-order valence-electron chi connectivity index (χ1n) is 7.81. The van der Waals surface area contributed by atoms with Gasteiger partial charge in [-0.2, -0.15) is 0 Å². The van der Waals surface area contributed by atoms with Crippen molar-refractivity contribution in [1.82, 2.24) is 4.98 Å². The van der Waals surface area contributed by atoms with Crippen LogP contribution in [0.1, 0.15) is 45.4 Å². The van der Waals surface area contributed by atoms with Crippen LogP contribution in [-0.2, 0) is 4.79 Å². The molecule has 2 rings (SSSR count). The van der Waals surface area contributed by atoms with Gasteiger partial charge in [0.25, 0.3) is 0 Å². The van der Waals surface area contributed by atoms with Crippen LogP contribution in [0.4, 0.5) is 13.2 Å². The molecule has 0 N–H and O–H groups in total. The van der Waals surface area contributed by atoms with Crippen LogP contribution < -0.4 is 9.47 Å². The summed E-state index contributed by atoms with van der Waals surface area (Å²) >= 11 is 0. The molecule has 1 fully saturated rings. The first kappa shape index (κ1) is 17.6. The van der Waals surface area contributed by atoms with Crippen LogP contribution in [0.5, 0.6) is 11.6 Å². The lowest BCUT2D eigenvalue weighted by Crippen LogP contribution is -2.25. The van der Waals surface area contributed by atoms with E-state index in [4.69, 9.17) is 4.74 Å². The molecule has 128 valence electrons. The lowest BCUT2D eigenvalue weighted by Gasteiger charge is -2.26. The van der Waals surface area contributed by atoms with Crippen LogP contribution in [0.2, 0.25) is 0 Å². The van der Waals surface area contributed by atoms with E-state index in [0.29, 0.717) is 5.92 Å². The molecular weight excluding hydrogens is 311 g/mol. The van der Waals surface area contributed by atoms with Gasteiger partial charge in [0.05, 0.1) is 12.1 Å². The van der Waals surface area contributed by atoms with E-state index in [1.165, 1.54) is 12.5 Å². The van der Waals surface area contributed by atoms with Crippen molar-refractivity contribution in [2.45, 2.75) is 51.8 Å². The van der Waals surface area contributed by atoms with Gasteiger partial charge < -0.3 is 9.47 Å². The zero-order valence-corrected chi connectivity index (χ0v) is 12.9. The lowest BCUT2D eigenvalue weighted by molar-refractivity contribution is -0.276. The van der Waals surface area contributed by atoms with Gasteiger partial charge in [0.15, 0.2) is 0 Å². The standard InChI is InChI=1S/C16H20F3NO3/c1-2-3-11-4-6-12(7-5-11)15(21)22-13-8-9-14(20-10-13)23-16(17,18)19/h8-12H,2-7H2,1H3. The zero-order chi connectivity index (χ0) is 16.9. The first-order valence-corrected chi connectivity index (χ1v) is 7.81. The Balaban J connectivity index is 1.84. The van der Waals surface area contributed by atoms with Crippen molar-refractivity contribution in [2.24, 2.45) is 11.8 Å². The van der Waals surface area contributed by atoms with Gasteiger partial charge in [-0.15, -0.1) is 13.2 Å². The van der Waals surface area contributed by atoms with E-state index in [1.807, 2.05) is 0 Å². The zero-order valence-electron chi connectivity index (χ0n) is 12.9. The molecular formula is C16H20F3NO3. The highest BCUT2D eigenvalue weighted by Gasteiger charge is 2.32. The average molecular weight is 331 g/mol. The van der Waals surface area contributed by atoms with Crippen molar-refractivity contribution in [2.75, 3.05) is 0 Å². The minimum atomic E-state index is -4.79. The quantitative estimate of drug-likeness (QED) is 0.746. The Morgan fingerprint density at radius 2 is 1.96 bits per heavy atom. The number of hydrogen-bond donors (Lipinski definition) is 0. The third-order valence-electron chi connectivity index (χ3n) is 4.02. The summed E-state index contributed by atoms with van der Waals surface area (Å²) in [4.78, 5) is 15.6. The summed E-state index contributed by atoms with van der Waals surface area (Å²) in [6.45, 7) is 2.15. The number of nitrogens with zero attached hydrogens (tertiary/aromatic N) is 1. The molecule has 1 saturated carbocycles. The Morgan fingerprint density at radius 1 is 1.26 bits per heavy atom. The second kappa shape index (κ2) is 7.66. The molecule has 0 aromatic carbocycles. The second-order valence-corrected chi connectivity index (χ2v) is 5.81. The van der Waals surface area contributed by atoms with Crippen LogP contribution in [0.15, 0.2) is 18.3 Å². The van der Waals surface area contributed by atoms with Crippen molar-refractivity contribution in [3.63, 3.8) is 0 Å². The molecule has 7 heteroatoms. The summed E-state index contributed by atoms with van der Waals surface area (Å²) in [5.41, 5.74) is 0. The number of carbonyl (C=O) groups is 1. The summed E-state index contributed by atoms with van der Waals surface area (Å²) < 4.78 is 45.0. The Hall–Kier alpha value is -1.79. The van der Waals surface area contributed by atoms with Gasteiger partial charge >= 0.3 is 12.3 Å². The van der Waals surface area contributed by atoms with Gasteiger partial charge in [0.2, 0.25) is 5.88 Å². The monoisotopic (exact) mass is 331 g/mol. The number of ether oxygens (including phenoxy) is 2.